The van der Waals surface area contributed by atoms with Gasteiger partial charge in [0.25, 0.3) is 0 Å². The first-order valence-corrected chi connectivity index (χ1v) is 11.4. The second-order valence-electron chi connectivity index (χ2n) is 8.63. The molecule has 2 fully saturated rings. The minimum Gasteiger partial charge on any atom is -0.481 e. The highest BCUT2D eigenvalue weighted by Gasteiger charge is 2.33. The molecule has 3 rings (SSSR count). The Morgan fingerprint density at radius 3 is 2.52 bits per heavy atom. The Labute approximate surface area is 179 Å². The minimum absolute atomic E-state index is 0.0334. The number of carbonyl (C=O) groups excluding carboxylic acids is 1. The van der Waals surface area contributed by atoms with Crippen molar-refractivity contribution in [1.29, 1.82) is 0 Å². The zero-order chi connectivity index (χ0) is 20.8. The lowest BCUT2D eigenvalue weighted by molar-refractivity contribution is -0.138. The van der Waals surface area contributed by atoms with E-state index >= 15 is 0 Å². The van der Waals surface area contributed by atoms with Crippen molar-refractivity contribution >= 4 is 23.6 Å². The number of benzene rings is 1. The third-order valence-electron chi connectivity index (χ3n) is 6.40. The number of aliphatic carboxylic acids is 1. The molecule has 1 N–H and O–H groups in total. The normalized spacial score (nSPS) is 20.9. The minimum atomic E-state index is -0.794. The highest BCUT2D eigenvalue weighted by Crippen LogP contribution is 2.28. The number of nitrogens with zero attached hydrogens (tertiary/aromatic N) is 2. The van der Waals surface area contributed by atoms with Gasteiger partial charge in [-0.25, -0.2) is 4.79 Å². The first kappa shape index (κ1) is 21.9. The molecule has 1 aromatic carbocycles. The summed E-state index contributed by atoms with van der Waals surface area (Å²) in [7, 11) is 0. The molecule has 0 spiro atoms. The molecule has 6 heteroatoms. The Bertz CT molecular complexity index is 718. The fourth-order valence-corrected chi connectivity index (χ4v) is 5.02. The number of rotatable bonds is 8. The number of hydrogen-bond donors (Lipinski definition) is 1. The first-order chi connectivity index (χ1) is 14.0. The van der Waals surface area contributed by atoms with Gasteiger partial charge in [-0.1, -0.05) is 56.7 Å². The Morgan fingerprint density at radius 2 is 1.83 bits per heavy atom. The van der Waals surface area contributed by atoms with E-state index in [0.29, 0.717) is 30.6 Å². The smallest absolute Gasteiger partial charge is 0.320 e. The molecule has 2 amide bonds. The summed E-state index contributed by atoms with van der Waals surface area (Å²) in [6, 6.07) is 5.85. The second kappa shape index (κ2) is 10.3. The number of carboxylic acids is 1. The molecule has 1 saturated carbocycles. The van der Waals surface area contributed by atoms with Crippen molar-refractivity contribution in [3.63, 3.8) is 0 Å². The van der Waals surface area contributed by atoms with E-state index in [0.717, 1.165) is 30.5 Å². The van der Waals surface area contributed by atoms with E-state index in [1.807, 2.05) is 28.0 Å². The van der Waals surface area contributed by atoms with Gasteiger partial charge in [0.2, 0.25) is 0 Å². The van der Waals surface area contributed by atoms with Gasteiger partial charge in [0.1, 0.15) is 0 Å². The maximum Gasteiger partial charge on any atom is 0.320 e. The fraction of sp³-hybridized carbons (Fsp3) is 0.652. The summed E-state index contributed by atoms with van der Waals surface area (Å²) in [6.45, 7) is 4.37. The van der Waals surface area contributed by atoms with Crippen LogP contribution in [0, 0.1) is 11.8 Å². The van der Waals surface area contributed by atoms with Crippen molar-refractivity contribution in [1.82, 2.24) is 9.80 Å². The quantitative estimate of drug-likeness (QED) is 0.628. The standard InChI is InChI=1S/C23H33ClN2O3/c1-2-19-13-21(24)9-8-20(19)16-26-15-18(12-22(27)28)14-25(23(26)29)11-10-17-6-4-3-5-7-17/h8-9,13,17-18H,2-7,10-12,14-16H2,1H3,(H,27,28). The van der Waals surface area contributed by atoms with Crippen LogP contribution in [0.15, 0.2) is 18.2 Å². The Balaban J connectivity index is 1.70. The Morgan fingerprint density at radius 1 is 1.10 bits per heavy atom. The lowest BCUT2D eigenvalue weighted by Gasteiger charge is -2.40. The predicted molar refractivity (Wildman–Crippen MR) is 115 cm³/mol. The molecular formula is C23H33ClN2O3. The van der Waals surface area contributed by atoms with Crippen LogP contribution in [0.2, 0.25) is 5.02 Å². The number of aryl methyl sites for hydroxylation is 1. The summed E-state index contributed by atoms with van der Waals surface area (Å²) in [5.41, 5.74) is 2.23. The molecular weight excluding hydrogens is 388 g/mol. The number of halogens is 1. The van der Waals surface area contributed by atoms with E-state index in [1.165, 1.54) is 32.1 Å². The molecule has 5 nitrogen and oxygen atoms in total. The van der Waals surface area contributed by atoms with E-state index in [4.69, 9.17) is 11.6 Å². The lowest BCUT2D eigenvalue weighted by Crippen LogP contribution is -2.53. The monoisotopic (exact) mass is 420 g/mol. The molecule has 160 valence electrons. The SMILES string of the molecule is CCc1cc(Cl)ccc1CN1CC(CC(=O)O)CN(CCC2CCCCC2)C1=O. The van der Waals surface area contributed by atoms with Crippen LogP contribution in [0.5, 0.6) is 0 Å². The van der Waals surface area contributed by atoms with Crippen molar-refractivity contribution in [3.8, 4) is 0 Å². The maximum atomic E-state index is 13.2. The highest BCUT2D eigenvalue weighted by atomic mass is 35.5. The molecule has 1 aliphatic heterocycles. The summed E-state index contributed by atoms with van der Waals surface area (Å²) < 4.78 is 0. The molecule has 1 heterocycles. The fourth-order valence-electron chi connectivity index (χ4n) is 4.83. The van der Waals surface area contributed by atoms with Crippen LogP contribution in [-0.4, -0.2) is 46.5 Å². The van der Waals surface area contributed by atoms with Crippen LogP contribution in [0.25, 0.3) is 0 Å². The maximum absolute atomic E-state index is 13.2. The van der Waals surface area contributed by atoms with Crippen LogP contribution in [-0.2, 0) is 17.8 Å². The Hall–Kier alpha value is -1.75. The van der Waals surface area contributed by atoms with Gasteiger partial charge >= 0.3 is 12.0 Å². The van der Waals surface area contributed by atoms with Crippen LogP contribution in [0.3, 0.4) is 0 Å². The van der Waals surface area contributed by atoms with Gasteiger partial charge in [-0.2, -0.15) is 0 Å². The van der Waals surface area contributed by atoms with Crippen LogP contribution in [0.1, 0.15) is 63.0 Å². The van der Waals surface area contributed by atoms with Crippen molar-refractivity contribution in [3.05, 3.63) is 34.3 Å². The van der Waals surface area contributed by atoms with Crippen molar-refractivity contribution in [2.45, 2.75) is 64.8 Å². The molecule has 29 heavy (non-hydrogen) atoms. The molecule has 1 aliphatic carbocycles. The zero-order valence-corrected chi connectivity index (χ0v) is 18.2. The van der Waals surface area contributed by atoms with Gasteiger partial charge in [-0.05, 0) is 42.0 Å². The van der Waals surface area contributed by atoms with Gasteiger partial charge in [0.15, 0.2) is 0 Å². The largest absolute Gasteiger partial charge is 0.481 e. The van der Waals surface area contributed by atoms with Crippen molar-refractivity contribution in [2.24, 2.45) is 11.8 Å². The number of carboxylic acid groups (broad SMARTS) is 1. The van der Waals surface area contributed by atoms with E-state index < -0.39 is 5.97 Å². The molecule has 1 unspecified atom stereocenters. The third-order valence-corrected chi connectivity index (χ3v) is 6.64. The van der Waals surface area contributed by atoms with Gasteiger partial charge in [0, 0.05) is 37.1 Å². The number of hydrogen-bond acceptors (Lipinski definition) is 2. The summed E-state index contributed by atoms with van der Waals surface area (Å²) in [5, 5.41) is 10.0. The molecule has 1 saturated heterocycles. The topological polar surface area (TPSA) is 60.9 Å². The summed E-state index contributed by atoms with van der Waals surface area (Å²) in [5.74, 6) is -0.126. The van der Waals surface area contributed by atoms with Gasteiger partial charge in [-0.15, -0.1) is 0 Å². The molecule has 0 bridgehead atoms. The van der Waals surface area contributed by atoms with E-state index in [2.05, 4.69) is 6.92 Å². The average Bonchev–Trinajstić information content (AvgIpc) is 2.70. The third kappa shape index (κ3) is 6.11. The van der Waals surface area contributed by atoms with E-state index in [1.54, 1.807) is 0 Å². The van der Waals surface area contributed by atoms with Gasteiger partial charge in [-0.3, -0.25) is 4.79 Å². The van der Waals surface area contributed by atoms with Gasteiger partial charge < -0.3 is 14.9 Å². The van der Waals surface area contributed by atoms with Crippen LogP contribution < -0.4 is 0 Å². The van der Waals surface area contributed by atoms with Gasteiger partial charge in [0.05, 0.1) is 6.42 Å². The number of carbonyl (C=O) groups is 2. The second-order valence-corrected chi connectivity index (χ2v) is 9.07. The zero-order valence-electron chi connectivity index (χ0n) is 17.4. The Kier molecular flexibility index (Phi) is 7.82. The predicted octanol–water partition coefficient (Wildman–Crippen LogP) is 5.20. The molecule has 0 aromatic heterocycles. The summed E-state index contributed by atoms with van der Waals surface area (Å²) in [6.07, 6.45) is 8.41. The summed E-state index contributed by atoms with van der Waals surface area (Å²) >= 11 is 6.13. The van der Waals surface area contributed by atoms with Crippen molar-refractivity contribution < 1.29 is 14.7 Å². The highest BCUT2D eigenvalue weighted by molar-refractivity contribution is 6.30. The molecule has 1 aromatic rings. The lowest BCUT2D eigenvalue weighted by atomic mass is 9.87. The molecule has 0 radical (unpaired) electrons. The first-order valence-electron chi connectivity index (χ1n) is 11.0. The van der Waals surface area contributed by atoms with E-state index in [-0.39, 0.29) is 18.4 Å². The average molecular weight is 421 g/mol. The molecule has 2 aliphatic rings. The summed E-state index contributed by atoms with van der Waals surface area (Å²) in [4.78, 5) is 28.2. The molecule has 1 atom stereocenters. The number of urea groups is 1. The van der Waals surface area contributed by atoms with Crippen molar-refractivity contribution in [2.75, 3.05) is 19.6 Å². The number of amides is 2. The van der Waals surface area contributed by atoms with E-state index in [9.17, 15) is 14.7 Å². The van der Waals surface area contributed by atoms with Crippen LogP contribution in [0.4, 0.5) is 4.79 Å². The van der Waals surface area contributed by atoms with Crippen LogP contribution >= 0.6 is 11.6 Å².